The molecule has 0 radical (unpaired) electrons. The van der Waals surface area contributed by atoms with Crippen molar-refractivity contribution < 1.29 is 14.3 Å². The Morgan fingerprint density at radius 1 is 1.28 bits per heavy atom. The van der Waals surface area contributed by atoms with Crippen LogP contribution in [0.2, 0.25) is 0 Å². The summed E-state index contributed by atoms with van der Waals surface area (Å²) in [5, 5.41) is 2.89. The van der Waals surface area contributed by atoms with Gasteiger partial charge in [0.25, 0.3) is 0 Å². The average Bonchev–Trinajstić information content (AvgIpc) is 2.50. The first-order chi connectivity index (χ1) is 8.59. The molecule has 18 heavy (non-hydrogen) atoms. The van der Waals surface area contributed by atoms with Gasteiger partial charge < -0.3 is 15.0 Å². The van der Waals surface area contributed by atoms with E-state index in [1.807, 2.05) is 20.8 Å². The van der Waals surface area contributed by atoms with Gasteiger partial charge in [-0.15, -0.1) is 0 Å². The number of nitrogens with zero attached hydrogens (tertiary/aromatic N) is 1. The zero-order valence-corrected chi connectivity index (χ0v) is 11.6. The molecule has 0 aromatic rings. The second-order valence-corrected chi connectivity index (χ2v) is 4.58. The fourth-order valence-corrected chi connectivity index (χ4v) is 2.29. The Bertz CT molecular complexity index is 301. The molecule has 0 aromatic heterocycles. The maximum atomic E-state index is 12.5. The third-order valence-corrected chi connectivity index (χ3v) is 3.60. The van der Waals surface area contributed by atoms with Crippen LogP contribution < -0.4 is 5.32 Å². The normalized spacial score (nSPS) is 19.6. The maximum Gasteiger partial charge on any atom is 0.248 e. The van der Waals surface area contributed by atoms with Crippen molar-refractivity contribution in [3.05, 3.63) is 0 Å². The summed E-state index contributed by atoms with van der Waals surface area (Å²) in [6, 6.07) is 0. The smallest absolute Gasteiger partial charge is 0.248 e. The minimum Gasteiger partial charge on any atom is -0.380 e. The Labute approximate surface area is 109 Å². The molecule has 0 aromatic carbocycles. The molecule has 0 unspecified atom stereocenters. The number of hydrogen-bond acceptors (Lipinski definition) is 3. The van der Waals surface area contributed by atoms with Gasteiger partial charge in [-0.1, -0.05) is 13.8 Å². The lowest BCUT2D eigenvalue weighted by atomic mass is 9.91. The predicted molar refractivity (Wildman–Crippen MR) is 69.1 cm³/mol. The highest BCUT2D eigenvalue weighted by atomic mass is 16.5. The molecule has 1 N–H and O–H groups in total. The lowest BCUT2D eigenvalue weighted by Crippen LogP contribution is -2.56. The largest absolute Gasteiger partial charge is 0.380 e. The Kier molecular flexibility index (Phi) is 5.59. The van der Waals surface area contributed by atoms with Crippen LogP contribution in [0.15, 0.2) is 0 Å². The van der Waals surface area contributed by atoms with E-state index in [1.165, 1.54) is 0 Å². The number of amides is 2. The van der Waals surface area contributed by atoms with Gasteiger partial charge in [0.1, 0.15) is 5.54 Å². The number of carbonyl (C=O) groups excluding carboxylic acids is 2. The van der Waals surface area contributed by atoms with Crippen molar-refractivity contribution in [2.75, 3.05) is 26.3 Å². The summed E-state index contributed by atoms with van der Waals surface area (Å²) in [6.45, 7) is 8.02. The van der Waals surface area contributed by atoms with E-state index in [0.29, 0.717) is 45.6 Å². The van der Waals surface area contributed by atoms with E-state index in [9.17, 15) is 9.59 Å². The number of ether oxygens (including phenoxy) is 1. The molecular formula is C13H24N2O3. The third kappa shape index (κ3) is 3.22. The first-order valence-electron chi connectivity index (χ1n) is 6.77. The van der Waals surface area contributed by atoms with Crippen LogP contribution in [0.4, 0.5) is 0 Å². The van der Waals surface area contributed by atoms with Gasteiger partial charge in [0.05, 0.1) is 6.61 Å². The van der Waals surface area contributed by atoms with E-state index in [4.69, 9.17) is 4.74 Å². The second-order valence-electron chi connectivity index (χ2n) is 4.58. The first-order valence-corrected chi connectivity index (χ1v) is 6.77. The molecule has 1 aliphatic heterocycles. The summed E-state index contributed by atoms with van der Waals surface area (Å²) in [4.78, 5) is 26.0. The van der Waals surface area contributed by atoms with Crippen molar-refractivity contribution in [1.29, 1.82) is 0 Å². The molecule has 1 heterocycles. The van der Waals surface area contributed by atoms with E-state index in [2.05, 4.69) is 5.32 Å². The standard InChI is InChI=1S/C13H24N2O3/c1-4-13(5-2)12(17)15(9-10-18-6-3)8-7-11(16)14-13/h4-10H2,1-3H3,(H,14,16). The van der Waals surface area contributed by atoms with E-state index < -0.39 is 5.54 Å². The van der Waals surface area contributed by atoms with Crippen molar-refractivity contribution >= 4 is 11.8 Å². The fourth-order valence-electron chi connectivity index (χ4n) is 2.29. The molecule has 5 nitrogen and oxygen atoms in total. The molecule has 5 heteroatoms. The van der Waals surface area contributed by atoms with Gasteiger partial charge in [0.15, 0.2) is 0 Å². The van der Waals surface area contributed by atoms with Crippen LogP contribution >= 0.6 is 0 Å². The van der Waals surface area contributed by atoms with E-state index >= 15 is 0 Å². The highest BCUT2D eigenvalue weighted by molar-refractivity contribution is 5.93. The molecule has 1 aliphatic rings. The summed E-state index contributed by atoms with van der Waals surface area (Å²) in [5.74, 6) is -0.0102. The van der Waals surface area contributed by atoms with Crippen molar-refractivity contribution in [1.82, 2.24) is 10.2 Å². The summed E-state index contributed by atoms with van der Waals surface area (Å²) in [6.07, 6.45) is 1.62. The molecule has 0 aliphatic carbocycles. The lowest BCUT2D eigenvalue weighted by Gasteiger charge is -2.33. The molecule has 1 fully saturated rings. The molecule has 1 rings (SSSR count). The number of rotatable bonds is 6. The van der Waals surface area contributed by atoms with Crippen LogP contribution in [-0.4, -0.2) is 48.6 Å². The topological polar surface area (TPSA) is 58.6 Å². The van der Waals surface area contributed by atoms with Gasteiger partial charge in [0.2, 0.25) is 11.8 Å². The van der Waals surface area contributed by atoms with Gasteiger partial charge in [-0.25, -0.2) is 0 Å². The second kappa shape index (κ2) is 6.73. The zero-order chi connectivity index (χ0) is 13.6. The zero-order valence-electron chi connectivity index (χ0n) is 11.6. The van der Waals surface area contributed by atoms with E-state index in [0.717, 1.165) is 0 Å². The third-order valence-electron chi connectivity index (χ3n) is 3.60. The maximum absolute atomic E-state index is 12.5. The summed E-state index contributed by atoms with van der Waals surface area (Å²) in [5.41, 5.74) is -0.722. The molecule has 0 saturated carbocycles. The number of nitrogens with one attached hydrogen (secondary N) is 1. The first kappa shape index (κ1) is 15.0. The SMILES string of the molecule is CCOCCN1CCC(=O)NC(CC)(CC)C1=O. The molecule has 0 bridgehead atoms. The van der Waals surface area contributed by atoms with Gasteiger partial charge in [-0.05, 0) is 19.8 Å². The van der Waals surface area contributed by atoms with Crippen LogP contribution in [0, 0.1) is 0 Å². The molecule has 1 saturated heterocycles. The molecule has 0 spiro atoms. The van der Waals surface area contributed by atoms with Gasteiger partial charge in [-0.2, -0.15) is 0 Å². The van der Waals surface area contributed by atoms with Crippen LogP contribution in [0.5, 0.6) is 0 Å². The van der Waals surface area contributed by atoms with Crippen LogP contribution in [0.1, 0.15) is 40.0 Å². The molecule has 104 valence electrons. The van der Waals surface area contributed by atoms with Crippen LogP contribution in [0.25, 0.3) is 0 Å². The summed E-state index contributed by atoms with van der Waals surface area (Å²) >= 11 is 0. The van der Waals surface area contributed by atoms with Gasteiger partial charge in [-0.3, -0.25) is 9.59 Å². The molecule has 2 amide bonds. The summed E-state index contributed by atoms with van der Waals surface area (Å²) < 4.78 is 5.29. The fraction of sp³-hybridized carbons (Fsp3) is 0.846. The van der Waals surface area contributed by atoms with Crippen molar-refractivity contribution in [2.24, 2.45) is 0 Å². The van der Waals surface area contributed by atoms with Gasteiger partial charge in [0, 0.05) is 26.1 Å². The highest BCUT2D eigenvalue weighted by Crippen LogP contribution is 2.21. The minimum atomic E-state index is -0.722. The quantitative estimate of drug-likeness (QED) is 0.719. The van der Waals surface area contributed by atoms with Crippen molar-refractivity contribution in [3.8, 4) is 0 Å². The Hall–Kier alpha value is -1.10. The highest BCUT2D eigenvalue weighted by Gasteiger charge is 2.41. The van der Waals surface area contributed by atoms with Crippen molar-refractivity contribution in [3.63, 3.8) is 0 Å². The summed E-state index contributed by atoms with van der Waals surface area (Å²) in [7, 11) is 0. The average molecular weight is 256 g/mol. The lowest BCUT2D eigenvalue weighted by molar-refractivity contribution is -0.139. The minimum absolute atomic E-state index is 0.0260. The Morgan fingerprint density at radius 3 is 2.50 bits per heavy atom. The van der Waals surface area contributed by atoms with E-state index in [1.54, 1.807) is 4.90 Å². The number of carbonyl (C=O) groups is 2. The van der Waals surface area contributed by atoms with Gasteiger partial charge >= 0.3 is 0 Å². The van der Waals surface area contributed by atoms with Crippen LogP contribution in [0.3, 0.4) is 0 Å². The predicted octanol–water partition coefficient (Wildman–Crippen LogP) is 0.930. The Morgan fingerprint density at radius 2 is 1.94 bits per heavy atom. The number of hydrogen-bond donors (Lipinski definition) is 1. The Balaban J connectivity index is 2.79. The van der Waals surface area contributed by atoms with Crippen LogP contribution in [-0.2, 0) is 14.3 Å². The molecular weight excluding hydrogens is 232 g/mol. The van der Waals surface area contributed by atoms with E-state index in [-0.39, 0.29) is 11.8 Å². The molecule has 0 atom stereocenters. The van der Waals surface area contributed by atoms with Crippen molar-refractivity contribution in [2.45, 2.75) is 45.6 Å². The monoisotopic (exact) mass is 256 g/mol.